The van der Waals surface area contributed by atoms with Crippen LogP contribution in [0.4, 0.5) is 10.2 Å². The molecule has 0 spiro atoms. The lowest BCUT2D eigenvalue weighted by atomic mass is 10.00. The monoisotopic (exact) mass is 388 g/mol. The SMILES string of the molecule is NC1CCN(c2ncnc3ccc(-c4cn[nH]c4-c4ccc(F)cc4)cc23)CC1. The molecule has 6 nitrogen and oxygen atoms in total. The average molecular weight is 388 g/mol. The molecule has 2 aromatic carbocycles. The molecule has 5 rings (SSSR count). The van der Waals surface area contributed by atoms with Crippen LogP contribution < -0.4 is 10.6 Å². The summed E-state index contributed by atoms with van der Waals surface area (Å²) in [6, 6.07) is 12.8. The molecule has 3 heterocycles. The number of H-pyrrole nitrogens is 1. The van der Waals surface area contributed by atoms with Crippen LogP contribution in [0.5, 0.6) is 0 Å². The number of halogens is 1. The Labute approximate surface area is 167 Å². The van der Waals surface area contributed by atoms with Crippen LogP contribution in [0.1, 0.15) is 12.8 Å². The van der Waals surface area contributed by atoms with Gasteiger partial charge in [0.15, 0.2) is 0 Å². The van der Waals surface area contributed by atoms with E-state index in [2.05, 4.69) is 31.1 Å². The van der Waals surface area contributed by atoms with Crippen molar-refractivity contribution < 1.29 is 4.39 Å². The summed E-state index contributed by atoms with van der Waals surface area (Å²) in [5.74, 6) is 0.680. The summed E-state index contributed by atoms with van der Waals surface area (Å²) in [5, 5.41) is 8.27. The highest BCUT2D eigenvalue weighted by Crippen LogP contribution is 2.34. The van der Waals surface area contributed by atoms with Crippen LogP contribution in [-0.2, 0) is 0 Å². The topological polar surface area (TPSA) is 83.7 Å². The van der Waals surface area contributed by atoms with Crippen LogP contribution in [0.15, 0.2) is 55.0 Å². The van der Waals surface area contributed by atoms with Gasteiger partial charge in [0.25, 0.3) is 0 Å². The van der Waals surface area contributed by atoms with Gasteiger partial charge in [-0.2, -0.15) is 5.10 Å². The van der Waals surface area contributed by atoms with Crippen LogP contribution in [0.3, 0.4) is 0 Å². The van der Waals surface area contributed by atoms with Gasteiger partial charge in [0.1, 0.15) is 18.0 Å². The van der Waals surface area contributed by atoms with E-state index in [9.17, 15) is 4.39 Å². The maximum atomic E-state index is 13.3. The molecule has 0 saturated carbocycles. The molecule has 0 aliphatic carbocycles. The molecule has 146 valence electrons. The number of anilines is 1. The van der Waals surface area contributed by atoms with Crippen molar-refractivity contribution in [3.8, 4) is 22.4 Å². The third-order valence-corrected chi connectivity index (χ3v) is 5.54. The number of nitrogens with zero attached hydrogens (tertiary/aromatic N) is 4. The predicted molar refractivity (Wildman–Crippen MR) is 112 cm³/mol. The van der Waals surface area contributed by atoms with Crippen LogP contribution in [0.25, 0.3) is 33.3 Å². The summed E-state index contributed by atoms with van der Waals surface area (Å²) in [7, 11) is 0. The lowest BCUT2D eigenvalue weighted by molar-refractivity contribution is 0.499. The van der Waals surface area contributed by atoms with Gasteiger partial charge in [-0.15, -0.1) is 0 Å². The van der Waals surface area contributed by atoms with Crippen molar-refractivity contribution >= 4 is 16.7 Å². The van der Waals surface area contributed by atoms with E-state index in [1.165, 1.54) is 12.1 Å². The second-order valence-corrected chi connectivity index (χ2v) is 7.42. The number of fused-ring (bicyclic) bond motifs is 1. The van der Waals surface area contributed by atoms with E-state index in [1.54, 1.807) is 24.7 Å². The second kappa shape index (κ2) is 7.25. The molecule has 0 atom stereocenters. The smallest absolute Gasteiger partial charge is 0.139 e. The van der Waals surface area contributed by atoms with E-state index in [0.29, 0.717) is 0 Å². The van der Waals surface area contributed by atoms with Crippen molar-refractivity contribution in [1.82, 2.24) is 20.2 Å². The Morgan fingerprint density at radius 2 is 1.76 bits per heavy atom. The quantitative estimate of drug-likeness (QED) is 0.558. The molecular formula is C22H21FN6. The molecule has 7 heteroatoms. The lowest BCUT2D eigenvalue weighted by Crippen LogP contribution is -2.40. The summed E-state index contributed by atoms with van der Waals surface area (Å²) in [6.07, 6.45) is 5.33. The summed E-state index contributed by atoms with van der Waals surface area (Å²) < 4.78 is 13.3. The number of aromatic nitrogens is 4. The van der Waals surface area contributed by atoms with Crippen LogP contribution >= 0.6 is 0 Å². The zero-order valence-electron chi connectivity index (χ0n) is 15.8. The Hall–Kier alpha value is -3.32. The van der Waals surface area contributed by atoms with Crippen molar-refractivity contribution in [3.05, 3.63) is 60.8 Å². The first-order valence-electron chi connectivity index (χ1n) is 9.74. The first kappa shape index (κ1) is 17.8. The van der Waals surface area contributed by atoms with Crippen molar-refractivity contribution in [2.45, 2.75) is 18.9 Å². The molecule has 1 aliphatic heterocycles. The van der Waals surface area contributed by atoms with Crippen LogP contribution in [0, 0.1) is 5.82 Å². The zero-order valence-corrected chi connectivity index (χ0v) is 15.8. The number of benzene rings is 2. The molecule has 1 saturated heterocycles. The minimum Gasteiger partial charge on any atom is -0.356 e. The minimum atomic E-state index is -0.261. The summed E-state index contributed by atoms with van der Waals surface area (Å²) in [4.78, 5) is 11.3. The Morgan fingerprint density at radius 1 is 1.00 bits per heavy atom. The van der Waals surface area contributed by atoms with Gasteiger partial charge in [-0.3, -0.25) is 5.10 Å². The van der Waals surface area contributed by atoms with Gasteiger partial charge in [-0.05, 0) is 54.8 Å². The lowest BCUT2D eigenvalue weighted by Gasteiger charge is -2.31. The fourth-order valence-corrected chi connectivity index (χ4v) is 3.92. The van der Waals surface area contributed by atoms with Crippen molar-refractivity contribution in [2.24, 2.45) is 5.73 Å². The molecule has 0 radical (unpaired) electrons. The molecule has 4 aromatic rings. The predicted octanol–water partition coefficient (Wildman–Crippen LogP) is 3.75. The highest BCUT2D eigenvalue weighted by atomic mass is 19.1. The number of hydrogen-bond donors (Lipinski definition) is 2. The van der Waals surface area contributed by atoms with Gasteiger partial charge in [-0.1, -0.05) is 6.07 Å². The standard InChI is InChI=1S/C22H21FN6/c23-16-4-1-14(2-5-16)21-19(12-27-28-21)15-3-6-20-18(11-15)22(26-13-25-20)29-9-7-17(24)8-10-29/h1-6,11-13,17H,7-10,24H2,(H,27,28). The van der Waals surface area contributed by atoms with Crippen molar-refractivity contribution in [2.75, 3.05) is 18.0 Å². The third-order valence-electron chi connectivity index (χ3n) is 5.54. The molecule has 1 aliphatic rings. The van der Waals surface area contributed by atoms with Crippen LogP contribution in [0.2, 0.25) is 0 Å². The average Bonchev–Trinajstić information content (AvgIpc) is 3.24. The molecule has 3 N–H and O–H groups in total. The van der Waals surface area contributed by atoms with Crippen molar-refractivity contribution in [3.63, 3.8) is 0 Å². The third kappa shape index (κ3) is 3.34. The molecule has 1 fully saturated rings. The van der Waals surface area contributed by atoms with E-state index in [1.807, 2.05) is 12.1 Å². The van der Waals surface area contributed by atoms with Gasteiger partial charge in [0, 0.05) is 35.6 Å². The molecule has 0 unspecified atom stereocenters. The van der Waals surface area contributed by atoms with Gasteiger partial charge in [0.2, 0.25) is 0 Å². The first-order chi connectivity index (χ1) is 14.2. The van der Waals surface area contributed by atoms with E-state index >= 15 is 0 Å². The Balaban J connectivity index is 1.58. The highest BCUT2D eigenvalue weighted by molar-refractivity contribution is 5.94. The largest absolute Gasteiger partial charge is 0.356 e. The van der Waals surface area contributed by atoms with E-state index in [4.69, 9.17) is 5.73 Å². The van der Waals surface area contributed by atoms with Crippen molar-refractivity contribution in [1.29, 1.82) is 0 Å². The maximum Gasteiger partial charge on any atom is 0.139 e. The molecule has 2 aromatic heterocycles. The summed E-state index contributed by atoms with van der Waals surface area (Å²) in [5.41, 5.74) is 10.7. The van der Waals surface area contributed by atoms with Gasteiger partial charge in [-0.25, -0.2) is 14.4 Å². The molecular weight excluding hydrogens is 367 g/mol. The normalized spacial score (nSPS) is 15.2. The Morgan fingerprint density at radius 3 is 2.55 bits per heavy atom. The number of nitrogens with two attached hydrogens (primary N) is 1. The molecule has 0 bridgehead atoms. The summed E-state index contributed by atoms with van der Waals surface area (Å²) >= 11 is 0. The number of nitrogens with one attached hydrogen (secondary N) is 1. The number of piperidine rings is 1. The maximum absolute atomic E-state index is 13.3. The zero-order chi connectivity index (χ0) is 19.8. The van der Waals surface area contributed by atoms with E-state index in [0.717, 1.165) is 65.0 Å². The van der Waals surface area contributed by atoms with Gasteiger partial charge < -0.3 is 10.6 Å². The van der Waals surface area contributed by atoms with E-state index in [-0.39, 0.29) is 11.9 Å². The molecule has 0 amide bonds. The number of hydrogen-bond acceptors (Lipinski definition) is 5. The number of aromatic amines is 1. The fourth-order valence-electron chi connectivity index (χ4n) is 3.92. The Bertz CT molecular complexity index is 1150. The second-order valence-electron chi connectivity index (χ2n) is 7.42. The van der Waals surface area contributed by atoms with Gasteiger partial charge >= 0.3 is 0 Å². The Kier molecular flexibility index (Phi) is 4.44. The first-order valence-corrected chi connectivity index (χ1v) is 9.74. The number of rotatable bonds is 3. The van der Waals surface area contributed by atoms with Crippen LogP contribution in [-0.4, -0.2) is 39.3 Å². The highest BCUT2D eigenvalue weighted by Gasteiger charge is 2.20. The minimum absolute atomic E-state index is 0.261. The fraction of sp³-hybridized carbons (Fsp3) is 0.227. The van der Waals surface area contributed by atoms with E-state index < -0.39 is 0 Å². The molecule has 29 heavy (non-hydrogen) atoms. The van der Waals surface area contributed by atoms with Gasteiger partial charge in [0.05, 0.1) is 17.4 Å². The summed E-state index contributed by atoms with van der Waals surface area (Å²) in [6.45, 7) is 1.79.